The largest absolute Gasteiger partial charge is 0.496 e. The zero-order valence-electron chi connectivity index (χ0n) is 11.0. The molecule has 0 fully saturated rings. The van der Waals surface area contributed by atoms with Crippen LogP contribution < -0.4 is 9.47 Å². The SMILES string of the molecule is COc1c2c(c(OC)c3c1CC=CC3)CC=CC2. The molecule has 0 aliphatic heterocycles. The van der Waals surface area contributed by atoms with Crippen LogP contribution in [0.2, 0.25) is 0 Å². The number of hydrogen-bond acceptors (Lipinski definition) is 2. The monoisotopic (exact) mass is 242 g/mol. The van der Waals surface area contributed by atoms with Gasteiger partial charge in [0.2, 0.25) is 0 Å². The van der Waals surface area contributed by atoms with E-state index in [-0.39, 0.29) is 0 Å². The second-order valence-corrected chi connectivity index (χ2v) is 4.74. The second kappa shape index (κ2) is 4.52. The lowest BCUT2D eigenvalue weighted by atomic mass is 9.85. The number of methoxy groups -OCH3 is 2. The van der Waals surface area contributed by atoms with Gasteiger partial charge >= 0.3 is 0 Å². The van der Waals surface area contributed by atoms with Gasteiger partial charge in [0.25, 0.3) is 0 Å². The van der Waals surface area contributed by atoms with Crippen LogP contribution in [0.3, 0.4) is 0 Å². The van der Waals surface area contributed by atoms with E-state index in [0.717, 1.165) is 37.2 Å². The molecule has 94 valence electrons. The van der Waals surface area contributed by atoms with Crippen molar-refractivity contribution >= 4 is 0 Å². The molecule has 0 radical (unpaired) electrons. The molecule has 0 aromatic heterocycles. The van der Waals surface area contributed by atoms with Gasteiger partial charge in [-0.25, -0.2) is 0 Å². The van der Waals surface area contributed by atoms with E-state index in [1.54, 1.807) is 14.2 Å². The van der Waals surface area contributed by atoms with E-state index >= 15 is 0 Å². The molecule has 0 saturated carbocycles. The average Bonchev–Trinajstić information content (AvgIpc) is 2.44. The first-order chi connectivity index (χ1) is 8.86. The molecule has 2 nitrogen and oxygen atoms in total. The summed E-state index contributed by atoms with van der Waals surface area (Å²) in [5.74, 6) is 2.16. The van der Waals surface area contributed by atoms with Gasteiger partial charge in [0.1, 0.15) is 11.5 Å². The van der Waals surface area contributed by atoms with Crippen molar-refractivity contribution in [3.8, 4) is 11.5 Å². The molecule has 0 N–H and O–H groups in total. The van der Waals surface area contributed by atoms with Crippen molar-refractivity contribution in [2.45, 2.75) is 25.7 Å². The molecule has 2 aliphatic rings. The number of allylic oxidation sites excluding steroid dienone is 4. The second-order valence-electron chi connectivity index (χ2n) is 4.74. The third-order valence-corrected chi connectivity index (χ3v) is 3.85. The summed E-state index contributed by atoms with van der Waals surface area (Å²) in [6.07, 6.45) is 12.7. The van der Waals surface area contributed by atoms with E-state index in [0.29, 0.717) is 0 Å². The number of ether oxygens (including phenoxy) is 2. The summed E-state index contributed by atoms with van der Waals surface area (Å²) in [5, 5.41) is 0. The van der Waals surface area contributed by atoms with Gasteiger partial charge in [0, 0.05) is 22.3 Å². The van der Waals surface area contributed by atoms with Gasteiger partial charge in [-0.3, -0.25) is 0 Å². The molecule has 2 heteroatoms. The minimum Gasteiger partial charge on any atom is -0.496 e. The molecule has 0 amide bonds. The Kier molecular flexibility index (Phi) is 2.86. The summed E-state index contributed by atoms with van der Waals surface area (Å²) in [4.78, 5) is 0. The van der Waals surface area contributed by atoms with E-state index in [2.05, 4.69) is 24.3 Å². The van der Waals surface area contributed by atoms with Crippen LogP contribution in [-0.4, -0.2) is 14.2 Å². The van der Waals surface area contributed by atoms with Gasteiger partial charge in [0.05, 0.1) is 14.2 Å². The molecular formula is C16H18O2. The van der Waals surface area contributed by atoms with Gasteiger partial charge in [-0.15, -0.1) is 0 Å². The highest BCUT2D eigenvalue weighted by atomic mass is 16.5. The Morgan fingerprint density at radius 1 is 0.611 bits per heavy atom. The fourth-order valence-corrected chi connectivity index (χ4v) is 3.07. The van der Waals surface area contributed by atoms with E-state index < -0.39 is 0 Å². The average molecular weight is 242 g/mol. The Balaban J connectivity index is 2.29. The van der Waals surface area contributed by atoms with Gasteiger partial charge < -0.3 is 9.47 Å². The predicted molar refractivity (Wildman–Crippen MR) is 72.6 cm³/mol. The summed E-state index contributed by atoms with van der Waals surface area (Å²) >= 11 is 0. The lowest BCUT2D eigenvalue weighted by molar-refractivity contribution is 0.388. The maximum absolute atomic E-state index is 5.69. The molecule has 3 rings (SSSR count). The Morgan fingerprint density at radius 3 is 1.11 bits per heavy atom. The molecule has 1 aromatic carbocycles. The molecule has 0 heterocycles. The van der Waals surface area contributed by atoms with Crippen molar-refractivity contribution < 1.29 is 9.47 Å². The summed E-state index contributed by atoms with van der Waals surface area (Å²) in [6, 6.07) is 0. The summed E-state index contributed by atoms with van der Waals surface area (Å²) in [6.45, 7) is 0. The standard InChI is InChI=1S/C16H18O2/c1-17-15-11-7-3-5-9-13(11)16(18-2)14-10-6-4-8-12(14)15/h3-6H,7-10H2,1-2H3. The smallest absolute Gasteiger partial charge is 0.126 e. The minimum absolute atomic E-state index is 0.950. The van der Waals surface area contributed by atoms with E-state index in [1.165, 1.54) is 22.3 Å². The van der Waals surface area contributed by atoms with Crippen LogP contribution in [0.25, 0.3) is 0 Å². The van der Waals surface area contributed by atoms with Crippen LogP contribution in [0.15, 0.2) is 24.3 Å². The Morgan fingerprint density at radius 2 is 0.889 bits per heavy atom. The van der Waals surface area contributed by atoms with Crippen LogP contribution in [0, 0.1) is 0 Å². The summed E-state index contributed by atoms with van der Waals surface area (Å²) in [5.41, 5.74) is 5.24. The van der Waals surface area contributed by atoms with Crippen LogP contribution in [0.5, 0.6) is 11.5 Å². The zero-order valence-corrected chi connectivity index (χ0v) is 11.0. The van der Waals surface area contributed by atoms with Crippen molar-refractivity contribution in [3.05, 3.63) is 46.6 Å². The van der Waals surface area contributed by atoms with Crippen molar-refractivity contribution in [1.29, 1.82) is 0 Å². The molecular weight excluding hydrogens is 224 g/mol. The third-order valence-electron chi connectivity index (χ3n) is 3.85. The van der Waals surface area contributed by atoms with Crippen LogP contribution in [-0.2, 0) is 25.7 Å². The summed E-state index contributed by atoms with van der Waals surface area (Å²) in [7, 11) is 3.55. The number of fused-ring (bicyclic) bond motifs is 2. The molecule has 18 heavy (non-hydrogen) atoms. The Hall–Kier alpha value is -1.70. The fraction of sp³-hybridized carbons (Fsp3) is 0.375. The van der Waals surface area contributed by atoms with Crippen molar-refractivity contribution in [2.24, 2.45) is 0 Å². The highest BCUT2D eigenvalue weighted by molar-refractivity contribution is 5.63. The molecule has 0 saturated heterocycles. The number of hydrogen-bond donors (Lipinski definition) is 0. The topological polar surface area (TPSA) is 18.5 Å². The van der Waals surface area contributed by atoms with Crippen molar-refractivity contribution in [2.75, 3.05) is 14.2 Å². The maximum Gasteiger partial charge on any atom is 0.126 e. The first-order valence-electron chi connectivity index (χ1n) is 6.44. The van der Waals surface area contributed by atoms with Gasteiger partial charge in [-0.2, -0.15) is 0 Å². The summed E-state index contributed by atoms with van der Waals surface area (Å²) < 4.78 is 11.4. The van der Waals surface area contributed by atoms with Crippen molar-refractivity contribution in [3.63, 3.8) is 0 Å². The highest BCUT2D eigenvalue weighted by Crippen LogP contribution is 2.42. The normalized spacial score (nSPS) is 16.1. The van der Waals surface area contributed by atoms with Crippen LogP contribution >= 0.6 is 0 Å². The van der Waals surface area contributed by atoms with Gasteiger partial charge in [-0.1, -0.05) is 24.3 Å². The molecule has 0 bridgehead atoms. The first kappa shape index (κ1) is 11.4. The predicted octanol–water partition coefficient (Wildman–Crippen LogP) is 3.01. The van der Waals surface area contributed by atoms with Gasteiger partial charge in [-0.05, 0) is 25.7 Å². The van der Waals surface area contributed by atoms with Crippen LogP contribution in [0.1, 0.15) is 22.3 Å². The highest BCUT2D eigenvalue weighted by Gasteiger charge is 2.25. The lowest BCUT2D eigenvalue weighted by Gasteiger charge is -2.26. The van der Waals surface area contributed by atoms with Gasteiger partial charge in [0.15, 0.2) is 0 Å². The first-order valence-corrected chi connectivity index (χ1v) is 6.44. The number of benzene rings is 1. The Labute approximate surface area is 108 Å². The molecule has 2 aliphatic carbocycles. The van der Waals surface area contributed by atoms with E-state index in [4.69, 9.17) is 9.47 Å². The van der Waals surface area contributed by atoms with E-state index in [1.807, 2.05) is 0 Å². The molecule has 0 atom stereocenters. The molecule has 0 spiro atoms. The Bertz CT molecular complexity index is 449. The zero-order chi connectivity index (χ0) is 12.5. The lowest BCUT2D eigenvalue weighted by Crippen LogP contribution is -2.12. The molecule has 0 unspecified atom stereocenters. The third kappa shape index (κ3) is 1.56. The number of rotatable bonds is 2. The minimum atomic E-state index is 0.950. The van der Waals surface area contributed by atoms with Crippen LogP contribution in [0.4, 0.5) is 0 Å². The molecule has 1 aromatic rings. The van der Waals surface area contributed by atoms with E-state index in [9.17, 15) is 0 Å². The van der Waals surface area contributed by atoms with Crippen molar-refractivity contribution in [1.82, 2.24) is 0 Å². The maximum atomic E-state index is 5.69. The quantitative estimate of drug-likeness (QED) is 0.742. The fourth-order valence-electron chi connectivity index (χ4n) is 3.07.